The van der Waals surface area contributed by atoms with Crippen LogP contribution in [0, 0.1) is 0 Å². The lowest BCUT2D eigenvalue weighted by atomic mass is 10.2. The van der Waals surface area contributed by atoms with Gasteiger partial charge in [-0.25, -0.2) is 4.98 Å². The molecule has 2 N–H and O–H groups in total. The Balaban J connectivity index is 2.48. The van der Waals surface area contributed by atoms with Crippen LogP contribution in [0.5, 0.6) is 0 Å². The minimum absolute atomic E-state index is 0.0735. The highest BCUT2D eigenvalue weighted by atomic mass is 32.1. The fourth-order valence-corrected chi connectivity index (χ4v) is 2.02. The van der Waals surface area contributed by atoms with Crippen LogP contribution in [0.3, 0.4) is 0 Å². The third-order valence-corrected chi connectivity index (χ3v) is 3.16. The van der Waals surface area contributed by atoms with Crippen molar-refractivity contribution in [1.29, 1.82) is 0 Å². The minimum Gasteiger partial charge on any atom is -0.481 e. The monoisotopic (exact) mass is 256 g/mol. The third-order valence-electron chi connectivity index (χ3n) is 2.26. The number of carbonyl (C=O) groups excluding carboxylic acids is 1. The molecule has 94 valence electrons. The summed E-state index contributed by atoms with van der Waals surface area (Å²) in [7, 11) is 0. The molecule has 0 saturated heterocycles. The SMILES string of the molecule is CC[C@H](C)NC(=O)Cc1nc(CC(=O)O)cs1. The first kappa shape index (κ1) is 13.6. The summed E-state index contributed by atoms with van der Waals surface area (Å²) in [5.41, 5.74) is 0.508. The molecular weight excluding hydrogens is 240 g/mol. The molecule has 0 fully saturated rings. The van der Waals surface area contributed by atoms with Crippen LogP contribution >= 0.6 is 11.3 Å². The Morgan fingerprint density at radius 3 is 2.82 bits per heavy atom. The summed E-state index contributed by atoms with van der Waals surface area (Å²) in [5, 5.41) is 13.8. The maximum Gasteiger partial charge on any atom is 0.309 e. The second-order valence-corrected chi connectivity index (χ2v) is 4.80. The molecule has 0 unspecified atom stereocenters. The first-order valence-corrected chi connectivity index (χ1v) is 6.33. The number of hydrogen-bond donors (Lipinski definition) is 2. The molecule has 0 saturated carbocycles. The van der Waals surface area contributed by atoms with Crippen molar-refractivity contribution in [2.75, 3.05) is 0 Å². The van der Waals surface area contributed by atoms with Crippen LogP contribution in [-0.4, -0.2) is 28.0 Å². The van der Waals surface area contributed by atoms with E-state index in [1.54, 1.807) is 5.38 Å². The van der Waals surface area contributed by atoms with Gasteiger partial charge in [-0.3, -0.25) is 9.59 Å². The smallest absolute Gasteiger partial charge is 0.309 e. The number of carboxylic acid groups (broad SMARTS) is 1. The van der Waals surface area contributed by atoms with Crippen LogP contribution in [0.4, 0.5) is 0 Å². The van der Waals surface area contributed by atoms with E-state index in [2.05, 4.69) is 10.3 Å². The molecule has 0 spiro atoms. The van der Waals surface area contributed by atoms with Gasteiger partial charge in [0, 0.05) is 11.4 Å². The average molecular weight is 256 g/mol. The Kier molecular flexibility index (Phi) is 5.09. The molecule has 0 bridgehead atoms. The summed E-state index contributed by atoms with van der Waals surface area (Å²) in [6, 6.07) is 0.154. The number of aromatic nitrogens is 1. The van der Waals surface area contributed by atoms with E-state index in [0.717, 1.165) is 6.42 Å². The van der Waals surface area contributed by atoms with Crippen LogP contribution in [-0.2, 0) is 22.4 Å². The van der Waals surface area contributed by atoms with Gasteiger partial charge < -0.3 is 10.4 Å². The fraction of sp³-hybridized carbons (Fsp3) is 0.545. The predicted octanol–water partition coefficient (Wildman–Crippen LogP) is 1.23. The quantitative estimate of drug-likeness (QED) is 0.802. The second kappa shape index (κ2) is 6.34. The molecule has 6 heteroatoms. The molecule has 0 aromatic carbocycles. The van der Waals surface area contributed by atoms with Gasteiger partial charge in [0.1, 0.15) is 5.01 Å². The van der Waals surface area contributed by atoms with E-state index in [9.17, 15) is 9.59 Å². The third kappa shape index (κ3) is 4.95. The number of rotatable bonds is 6. The normalized spacial score (nSPS) is 12.1. The Hall–Kier alpha value is -1.43. The standard InChI is InChI=1S/C11H16N2O3S/c1-3-7(2)12-9(14)5-10-13-8(6-17-10)4-11(15)16/h6-7H,3-5H2,1-2H3,(H,12,14)(H,15,16)/t7-/m0/s1. The van der Waals surface area contributed by atoms with Gasteiger partial charge in [-0.1, -0.05) is 6.92 Å². The van der Waals surface area contributed by atoms with E-state index >= 15 is 0 Å². The molecule has 1 rings (SSSR count). The van der Waals surface area contributed by atoms with Gasteiger partial charge in [0.25, 0.3) is 0 Å². The van der Waals surface area contributed by atoms with Gasteiger partial charge in [-0.15, -0.1) is 11.3 Å². The second-order valence-electron chi connectivity index (χ2n) is 3.86. The minimum atomic E-state index is -0.911. The molecule has 1 heterocycles. The lowest BCUT2D eigenvalue weighted by Crippen LogP contribution is -2.33. The Morgan fingerprint density at radius 1 is 1.53 bits per heavy atom. The topological polar surface area (TPSA) is 79.3 Å². The first-order valence-electron chi connectivity index (χ1n) is 5.45. The van der Waals surface area contributed by atoms with Crippen LogP contribution in [0.15, 0.2) is 5.38 Å². The zero-order chi connectivity index (χ0) is 12.8. The number of nitrogens with one attached hydrogen (secondary N) is 1. The van der Waals surface area contributed by atoms with Crippen LogP contribution in [0.1, 0.15) is 31.0 Å². The van der Waals surface area contributed by atoms with Crippen molar-refractivity contribution in [1.82, 2.24) is 10.3 Å². The highest BCUT2D eigenvalue weighted by Crippen LogP contribution is 2.11. The zero-order valence-electron chi connectivity index (χ0n) is 9.90. The molecular formula is C11H16N2O3S. The Morgan fingerprint density at radius 2 is 2.24 bits per heavy atom. The van der Waals surface area contributed by atoms with Crippen molar-refractivity contribution >= 4 is 23.2 Å². The lowest BCUT2D eigenvalue weighted by Gasteiger charge is -2.09. The zero-order valence-corrected chi connectivity index (χ0v) is 10.7. The van der Waals surface area contributed by atoms with E-state index < -0.39 is 5.97 Å². The number of nitrogens with zero attached hydrogens (tertiary/aromatic N) is 1. The summed E-state index contributed by atoms with van der Waals surface area (Å²) in [5.74, 6) is -0.985. The van der Waals surface area contributed by atoms with Gasteiger partial charge in [0.2, 0.25) is 5.91 Å². The lowest BCUT2D eigenvalue weighted by molar-refractivity contribution is -0.136. The molecule has 1 aromatic rings. The fourth-order valence-electron chi connectivity index (χ4n) is 1.23. The van der Waals surface area contributed by atoms with Crippen molar-refractivity contribution < 1.29 is 14.7 Å². The summed E-state index contributed by atoms with van der Waals surface area (Å²) < 4.78 is 0. The largest absolute Gasteiger partial charge is 0.481 e. The van der Waals surface area contributed by atoms with E-state index in [4.69, 9.17) is 5.11 Å². The number of aliphatic carboxylic acids is 1. The van der Waals surface area contributed by atoms with Gasteiger partial charge in [-0.2, -0.15) is 0 Å². The van der Waals surface area contributed by atoms with Crippen LogP contribution < -0.4 is 5.32 Å². The van der Waals surface area contributed by atoms with Crippen LogP contribution in [0.2, 0.25) is 0 Å². The van der Waals surface area contributed by atoms with E-state index in [1.165, 1.54) is 11.3 Å². The number of amides is 1. The van der Waals surface area contributed by atoms with E-state index in [-0.39, 0.29) is 24.8 Å². The van der Waals surface area contributed by atoms with Gasteiger partial charge in [0.15, 0.2) is 0 Å². The molecule has 0 aliphatic rings. The average Bonchev–Trinajstić information content (AvgIpc) is 2.63. The van der Waals surface area contributed by atoms with Gasteiger partial charge in [-0.05, 0) is 13.3 Å². The molecule has 1 amide bonds. The molecule has 17 heavy (non-hydrogen) atoms. The van der Waals surface area contributed by atoms with Crippen molar-refractivity contribution in [2.45, 2.75) is 39.2 Å². The predicted molar refractivity (Wildman–Crippen MR) is 65.1 cm³/mol. The maximum atomic E-state index is 11.6. The number of carbonyl (C=O) groups is 2. The maximum absolute atomic E-state index is 11.6. The molecule has 1 atom stereocenters. The van der Waals surface area contributed by atoms with E-state index in [1.807, 2.05) is 13.8 Å². The summed E-state index contributed by atoms with van der Waals surface area (Å²) in [4.78, 5) is 26.1. The molecule has 0 radical (unpaired) electrons. The highest BCUT2D eigenvalue weighted by Gasteiger charge is 2.11. The first-order chi connectivity index (χ1) is 8.01. The number of carboxylic acids is 1. The molecule has 0 aliphatic carbocycles. The molecule has 0 aliphatic heterocycles. The van der Waals surface area contributed by atoms with Crippen LogP contribution in [0.25, 0.3) is 0 Å². The van der Waals surface area contributed by atoms with Gasteiger partial charge in [0.05, 0.1) is 18.5 Å². The number of thiazole rings is 1. The summed E-state index contributed by atoms with van der Waals surface area (Å²) >= 11 is 1.32. The highest BCUT2D eigenvalue weighted by molar-refractivity contribution is 7.09. The molecule has 1 aromatic heterocycles. The van der Waals surface area contributed by atoms with Gasteiger partial charge >= 0.3 is 5.97 Å². The summed E-state index contributed by atoms with van der Waals surface area (Å²) in [6.45, 7) is 3.94. The number of hydrogen-bond acceptors (Lipinski definition) is 4. The molecule has 5 nitrogen and oxygen atoms in total. The van der Waals surface area contributed by atoms with Crippen molar-refractivity contribution in [3.63, 3.8) is 0 Å². The van der Waals surface area contributed by atoms with Crippen molar-refractivity contribution in [2.24, 2.45) is 0 Å². The Labute approximate surface area is 104 Å². The van der Waals surface area contributed by atoms with Crippen molar-refractivity contribution in [3.05, 3.63) is 16.1 Å². The summed E-state index contributed by atoms with van der Waals surface area (Å²) in [6.07, 6.45) is 1.01. The van der Waals surface area contributed by atoms with Crippen molar-refractivity contribution in [3.8, 4) is 0 Å². The van der Waals surface area contributed by atoms with E-state index in [0.29, 0.717) is 10.7 Å². The Bertz CT molecular complexity index is 403.